The molecular formula is C15H15Cl2NO. The lowest BCUT2D eigenvalue weighted by Gasteiger charge is -2.10. The Morgan fingerprint density at radius 3 is 2.53 bits per heavy atom. The third-order valence-corrected chi connectivity index (χ3v) is 3.76. The molecule has 1 aromatic carbocycles. The maximum atomic E-state index is 11.9. The molecule has 2 nitrogen and oxygen atoms in total. The number of halogens is 2. The SMILES string of the molecule is CCC(=O)c1cc(C)c(-c2ccc(Cl)cc2Cl)n1C. The van der Waals surface area contributed by atoms with Gasteiger partial charge in [-0.05, 0) is 36.8 Å². The fraction of sp³-hybridized carbons (Fsp3) is 0.267. The van der Waals surface area contributed by atoms with Gasteiger partial charge in [0.15, 0.2) is 5.78 Å². The minimum atomic E-state index is 0.127. The largest absolute Gasteiger partial charge is 0.341 e. The molecule has 0 aliphatic rings. The van der Waals surface area contributed by atoms with Crippen molar-refractivity contribution in [3.05, 3.63) is 45.6 Å². The summed E-state index contributed by atoms with van der Waals surface area (Å²) in [5, 5.41) is 1.19. The van der Waals surface area contributed by atoms with E-state index in [-0.39, 0.29) is 5.78 Å². The summed E-state index contributed by atoms with van der Waals surface area (Å²) in [4.78, 5) is 11.9. The van der Waals surface area contributed by atoms with Crippen LogP contribution in [-0.4, -0.2) is 10.4 Å². The van der Waals surface area contributed by atoms with E-state index in [9.17, 15) is 4.79 Å². The molecule has 0 spiro atoms. The van der Waals surface area contributed by atoms with Gasteiger partial charge >= 0.3 is 0 Å². The van der Waals surface area contributed by atoms with Crippen molar-refractivity contribution in [3.63, 3.8) is 0 Å². The third kappa shape index (κ3) is 2.56. The van der Waals surface area contributed by atoms with Crippen molar-refractivity contribution in [1.29, 1.82) is 0 Å². The highest BCUT2D eigenvalue weighted by atomic mass is 35.5. The van der Waals surface area contributed by atoms with E-state index in [1.165, 1.54) is 0 Å². The second-order valence-corrected chi connectivity index (χ2v) is 5.36. The topological polar surface area (TPSA) is 22.0 Å². The van der Waals surface area contributed by atoms with Crippen molar-refractivity contribution in [1.82, 2.24) is 4.57 Å². The van der Waals surface area contributed by atoms with Gasteiger partial charge < -0.3 is 4.57 Å². The van der Waals surface area contributed by atoms with Crippen LogP contribution in [0.25, 0.3) is 11.3 Å². The van der Waals surface area contributed by atoms with Gasteiger partial charge in [0.05, 0.1) is 16.4 Å². The molecule has 0 saturated carbocycles. The molecule has 0 aliphatic heterocycles. The van der Waals surface area contributed by atoms with Crippen molar-refractivity contribution in [2.45, 2.75) is 20.3 Å². The second kappa shape index (κ2) is 5.40. The summed E-state index contributed by atoms with van der Waals surface area (Å²) in [7, 11) is 1.89. The molecule has 0 amide bonds. The molecule has 0 bridgehead atoms. The molecule has 0 saturated heterocycles. The van der Waals surface area contributed by atoms with Crippen LogP contribution in [0.15, 0.2) is 24.3 Å². The zero-order valence-corrected chi connectivity index (χ0v) is 12.6. The standard InChI is InChI=1S/C15H15Cl2NO/c1-4-14(19)13-7-9(2)15(18(13)3)11-6-5-10(16)8-12(11)17/h5-8H,4H2,1-3H3. The van der Waals surface area contributed by atoms with Crippen molar-refractivity contribution in [2.75, 3.05) is 0 Å². The Labute approximate surface area is 123 Å². The Hall–Kier alpha value is -1.25. The summed E-state index contributed by atoms with van der Waals surface area (Å²) in [5.74, 6) is 0.127. The van der Waals surface area contributed by atoms with Crippen LogP contribution in [0.2, 0.25) is 10.0 Å². The van der Waals surface area contributed by atoms with Crippen molar-refractivity contribution in [2.24, 2.45) is 7.05 Å². The highest BCUT2D eigenvalue weighted by Crippen LogP contribution is 2.33. The predicted molar refractivity (Wildman–Crippen MR) is 80.2 cm³/mol. The number of aromatic nitrogens is 1. The molecule has 4 heteroatoms. The van der Waals surface area contributed by atoms with Crippen LogP contribution in [0.5, 0.6) is 0 Å². The van der Waals surface area contributed by atoms with Gasteiger partial charge in [0.2, 0.25) is 0 Å². The van der Waals surface area contributed by atoms with E-state index in [2.05, 4.69) is 0 Å². The first-order valence-corrected chi connectivity index (χ1v) is 6.86. The summed E-state index contributed by atoms with van der Waals surface area (Å²) in [6, 6.07) is 7.31. The van der Waals surface area contributed by atoms with E-state index in [1.807, 2.05) is 37.6 Å². The van der Waals surface area contributed by atoms with Gasteiger partial charge in [-0.1, -0.05) is 30.1 Å². The summed E-state index contributed by atoms with van der Waals surface area (Å²) in [5.41, 5.74) is 3.59. The molecule has 0 aliphatic carbocycles. The van der Waals surface area contributed by atoms with Crippen molar-refractivity contribution in [3.8, 4) is 11.3 Å². The molecule has 0 fully saturated rings. The molecular weight excluding hydrogens is 281 g/mol. The highest BCUT2D eigenvalue weighted by Gasteiger charge is 2.17. The molecule has 0 atom stereocenters. The number of carbonyl (C=O) groups is 1. The van der Waals surface area contributed by atoms with Crippen LogP contribution in [0.3, 0.4) is 0 Å². The molecule has 0 N–H and O–H groups in total. The monoisotopic (exact) mass is 295 g/mol. The van der Waals surface area contributed by atoms with Crippen LogP contribution in [0, 0.1) is 6.92 Å². The first-order chi connectivity index (χ1) is 8.95. The van der Waals surface area contributed by atoms with Gasteiger partial charge in [-0.25, -0.2) is 0 Å². The zero-order valence-electron chi connectivity index (χ0n) is 11.1. The Bertz CT molecular complexity index is 644. The third-order valence-electron chi connectivity index (χ3n) is 3.22. The lowest BCUT2D eigenvalue weighted by atomic mass is 10.1. The van der Waals surface area contributed by atoms with E-state index in [1.54, 1.807) is 12.1 Å². The molecule has 1 aromatic heterocycles. The average molecular weight is 296 g/mol. The minimum absolute atomic E-state index is 0.127. The first-order valence-electron chi connectivity index (χ1n) is 6.10. The molecule has 2 rings (SSSR count). The summed E-state index contributed by atoms with van der Waals surface area (Å²) in [6.45, 7) is 3.84. The zero-order chi connectivity index (χ0) is 14.2. The number of benzene rings is 1. The molecule has 0 unspecified atom stereocenters. The first kappa shape index (κ1) is 14.2. The van der Waals surface area contributed by atoms with Gasteiger partial charge in [-0.3, -0.25) is 4.79 Å². The van der Waals surface area contributed by atoms with Gasteiger partial charge in [-0.15, -0.1) is 0 Å². The second-order valence-electron chi connectivity index (χ2n) is 4.52. The van der Waals surface area contributed by atoms with Gasteiger partial charge in [-0.2, -0.15) is 0 Å². The molecule has 100 valence electrons. The average Bonchev–Trinajstić information content (AvgIpc) is 2.65. The fourth-order valence-corrected chi connectivity index (χ4v) is 2.78. The van der Waals surface area contributed by atoms with E-state index >= 15 is 0 Å². The number of Topliss-reactive ketones (excluding diaryl/α,β-unsaturated/α-hetero) is 1. The lowest BCUT2D eigenvalue weighted by Crippen LogP contribution is -2.05. The van der Waals surface area contributed by atoms with Crippen molar-refractivity contribution >= 4 is 29.0 Å². The fourth-order valence-electron chi connectivity index (χ4n) is 2.28. The number of hydrogen-bond acceptors (Lipinski definition) is 1. The van der Waals surface area contributed by atoms with E-state index < -0.39 is 0 Å². The van der Waals surface area contributed by atoms with E-state index in [0.29, 0.717) is 22.2 Å². The van der Waals surface area contributed by atoms with Gasteiger partial charge in [0.25, 0.3) is 0 Å². The number of nitrogens with zero attached hydrogens (tertiary/aromatic N) is 1. The Morgan fingerprint density at radius 2 is 1.95 bits per heavy atom. The number of ketones is 1. The Balaban J connectivity index is 2.63. The smallest absolute Gasteiger partial charge is 0.178 e. The predicted octanol–water partition coefficient (Wildman–Crippen LogP) is 4.90. The quantitative estimate of drug-likeness (QED) is 0.738. The number of aryl methyl sites for hydroxylation is 1. The highest BCUT2D eigenvalue weighted by molar-refractivity contribution is 6.36. The Morgan fingerprint density at radius 1 is 1.26 bits per heavy atom. The van der Waals surface area contributed by atoms with Gasteiger partial charge in [0.1, 0.15) is 0 Å². The summed E-state index contributed by atoms with van der Waals surface area (Å²) < 4.78 is 1.90. The van der Waals surface area contributed by atoms with Crippen LogP contribution in [0.4, 0.5) is 0 Å². The number of hydrogen-bond donors (Lipinski definition) is 0. The van der Waals surface area contributed by atoms with Crippen molar-refractivity contribution < 1.29 is 4.79 Å². The van der Waals surface area contributed by atoms with Gasteiger partial charge in [0, 0.05) is 24.1 Å². The van der Waals surface area contributed by atoms with Crippen LogP contribution >= 0.6 is 23.2 Å². The van der Waals surface area contributed by atoms with Crippen LogP contribution < -0.4 is 0 Å². The molecule has 0 radical (unpaired) electrons. The lowest BCUT2D eigenvalue weighted by molar-refractivity contribution is 0.0980. The molecule has 1 heterocycles. The maximum absolute atomic E-state index is 11.9. The molecule has 19 heavy (non-hydrogen) atoms. The number of rotatable bonds is 3. The maximum Gasteiger partial charge on any atom is 0.178 e. The summed E-state index contributed by atoms with van der Waals surface area (Å²) >= 11 is 12.2. The Kier molecular flexibility index (Phi) is 4.02. The van der Waals surface area contributed by atoms with E-state index in [4.69, 9.17) is 23.2 Å². The van der Waals surface area contributed by atoms with E-state index in [0.717, 1.165) is 16.8 Å². The van der Waals surface area contributed by atoms with Crippen LogP contribution in [-0.2, 0) is 7.05 Å². The minimum Gasteiger partial charge on any atom is -0.341 e. The molecule has 2 aromatic rings. The normalized spacial score (nSPS) is 10.8. The summed E-state index contributed by atoms with van der Waals surface area (Å²) in [6.07, 6.45) is 0.491. The number of carbonyl (C=O) groups excluding carboxylic acids is 1. The van der Waals surface area contributed by atoms with Crippen LogP contribution in [0.1, 0.15) is 29.4 Å².